The van der Waals surface area contributed by atoms with Gasteiger partial charge in [-0.3, -0.25) is 0 Å². The second-order valence-electron chi connectivity index (χ2n) is 2.11. The minimum atomic E-state index is -0.383. The van der Waals surface area contributed by atoms with Gasteiger partial charge in [-0.1, -0.05) is 15.9 Å². The van der Waals surface area contributed by atoms with Gasteiger partial charge in [0.15, 0.2) is 0 Å². The average molecular weight is 232 g/mol. The molecule has 0 saturated heterocycles. The van der Waals surface area contributed by atoms with Crippen molar-refractivity contribution in [1.29, 1.82) is 0 Å². The van der Waals surface area contributed by atoms with Crippen LogP contribution in [0, 0.1) is 5.95 Å². The first kappa shape index (κ1) is 7.18. The third-order valence-corrected chi connectivity index (χ3v) is 2.69. The summed E-state index contributed by atoms with van der Waals surface area (Å²) in [5, 5.41) is 0.587. The number of hydrogen-bond acceptors (Lipinski definition) is 2. The number of hydrogen-bond donors (Lipinski definition) is 0. The maximum atomic E-state index is 12.8. The summed E-state index contributed by atoms with van der Waals surface area (Å²) in [5.74, 6) is -0.383. The lowest BCUT2D eigenvalue weighted by Gasteiger charge is -1.88. The summed E-state index contributed by atoms with van der Waals surface area (Å²) in [6.45, 7) is 0. The molecule has 0 bridgehead atoms. The van der Waals surface area contributed by atoms with Gasteiger partial charge >= 0.3 is 0 Å². The fourth-order valence-electron chi connectivity index (χ4n) is 0.881. The van der Waals surface area contributed by atoms with Crippen molar-refractivity contribution in [3.05, 3.63) is 28.6 Å². The van der Waals surface area contributed by atoms with Crippen molar-refractivity contribution in [2.45, 2.75) is 0 Å². The van der Waals surface area contributed by atoms with E-state index in [1.165, 1.54) is 11.5 Å². The predicted molar refractivity (Wildman–Crippen MR) is 47.3 cm³/mol. The van der Waals surface area contributed by atoms with Crippen LogP contribution in [0.3, 0.4) is 0 Å². The van der Waals surface area contributed by atoms with Crippen molar-refractivity contribution < 1.29 is 4.39 Å². The Morgan fingerprint density at radius 2 is 2.27 bits per heavy atom. The van der Waals surface area contributed by atoms with Gasteiger partial charge in [-0.25, -0.2) is 0 Å². The molecule has 0 aliphatic rings. The molecule has 1 nitrogen and oxygen atoms in total. The van der Waals surface area contributed by atoms with Gasteiger partial charge in [0.1, 0.15) is 0 Å². The van der Waals surface area contributed by atoms with E-state index >= 15 is 0 Å². The molecule has 1 heterocycles. The second-order valence-corrected chi connectivity index (χ2v) is 3.83. The van der Waals surface area contributed by atoms with Crippen LogP contribution in [0.4, 0.5) is 4.39 Å². The molecule has 0 N–H and O–H groups in total. The van der Waals surface area contributed by atoms with E-state index in [2.05, 4.69) is 20.3 Å². The lowest BCUT2D eigenvalue weighted by molar-refractivity contribution is 0.609. The molecule has 1 aromatic carbocycles. The minimum absolute atomic E-state index is 0.383. The molecular formula is C7H3BrFNS. The molecule has 1 aromatic heterocycles. The molecule has 0 aliphatic heterocycles. The molecule has 56 valence electrons. The van der Waals surface area contributed by atoms with Gasteiger partial charge < -0.3 is 0 Å². The van der Waals surface area contributed by atoms with Crippen molar-refractivity contribution in [3.8, 4) is 0 Å². The van der Waals surface area contributed by atoms with Crippen LogP contribution in [-0.4, -0.2) is 4.37 Å². The van der Waals surface area contributed by atoms with Gasteiger partial charge in [-0.15, -0.1) is 0 Å². The van der Waals surface area contributed by atoms with Crippen molar-refractivity contribution in [2.75, 3.05) is 0 Å². The summed E-state index contributed by atoms with van der Waals surface area (Å²) in [6.07, 6.45) is 0. The van der Waals surface area contributed by atoms with Crippen LogP contribution in [0.2, 0.25) is 0 Å². The molecule has 0 radical (unpaired) electrons. The van der Waals surface area contributed by atoms with Crippen molar-refractivity contribution in [2.24, 2.45) is 0 Å². The van der Waals surface area contributed by atoms with Crippen molar-refractivity contribution in [1.82, 2.24) is 4.37 Å². The highest BCUT2D eigenvalue weighted by atomic mass is 79.9. The predicted octanol–water partition coefficient (Wildman–Crippen LogP) is 3.20. The largest absolute Gasteiger partial charge is 0.232 e. The summed E-state index contributed by atoms with van der Waals surface area (Å²) in [5.41, 5.74) is 0. The van der Waals surface area contributed by atoms with Crippen LogP contribution >= 0.6 is 27.5 Å². The van der Waals surface area contributed by atoms with E-state index in [4.69, 9.17) is 0 Å². The average Bonchev–Trinajstić information content (AvgIpc) is 2.33. The van der Waals surface area contributed by atoms with E-state index in [0.717, 1.165) is 9.17 Å². The Kier molecular flexibility index (Phi) is 1.65. The summed E-state index contributed by atoms with van der Waals surface area (Å²) in [6, 6.07) is 5.45. The molecule has 0 unspecified atom stereocenters. The highest BCUT2D eigenvalue weighted by molar-refractivity contribution is 9.10. The number of aromatic nitrogens is 1. The summed E-state index contributed by atoms with van der Waals surface area (Å²) < 4.78 is 18.2. The maximum absolute atomic E-state index is 12.8. The Bertz CT molecular complexity index is 398. The van der Waals surface area contributed by atoms with Crippen LogP contribution in [0.15, 0.2) is 22.7 Å². The van der Waals surface area contributed by atoms with Crippen LogP contribution in [0.25, 0.3) is 10.1 Å². The lowest BCUT2D eigenvalue weighted by Crippen LogP contribution is -1.70. The molecule has 0 amide bonds. The molecule has 0 fully saturated rings. The van der Waals surface area contributed by atoms with Crippen LogP contribution in [0.5, 0.6) is 0 Å². The van der Waals surface area contributed by atoms with E-state index in [-0.39, 0.29) is 5.95 Å². The molecule has 11 heavy (non-hydrogen) atoms. The summed E-state index contributed by atoms with van der Waals surface area (Å²) in [7, 11) is 0. The Morgan fingerprint density at radius 1 is 1.45 bits per heavy atom. The lowest BCUT2D eigenvalue weighted by atomic mass is 10.3. The Labute approximate surface area is 75.1 Å². The zero-order valence-corrected chi connectivity index (χ0v) is 7.75. The molecule has 0 saturated carbocycles. The fraction of sp³-hybridized carbons (Fsp3) is 0. The minimum Gasteiger partial charge on any atom is -0.183 e. The van der Waals surface area contributed by atoms with E-state index in [0.29, 0.717) is 5.39 Å². The number of benzene rings is 1. The van der Waals surface area contributed by atoms with Gasteiger partial charge in [0.25, 0.3) is 0 Å². The molecule has 4 heteroatoms. The first-order valence-electron chi connectivity index (χ1n) is 2.98. The smallest absolute Gasteiger partial charge is 0.183 e. The Hall–Kier alpha value is -0.480. The molecule has 0 spiro atoms. The highest BCUT2D eigenvalue weighted by Gasteiger charge is 2.03. The maximum Gasteiger partial charge on any atom is 0.232 e. The van der Waals surface area contributed by atoms with E-state index in [1.807, 2.05) is 12.1 Å². The molecule has 2 rings (SSSR count). The van der Waals surface area contributed by atoms with Gasteiger partial charge in [0.05, 0.1) is 10.1 Å². The number of halogens is 2. The quantitative estimate of drug-likeness (QED) is 0.679. The van der Waals surface area contributed by atoms with E-state index in [9.17, 15) is 4.39 Å². The third-order valence-electron chi connectivity index (χ3n) is 1.39. The fourth-order valence-corrected chi connectivity index (χ4v) is 1.89. The number of nitrogens with zero attached hydrogens (tertiary/aromatic N) is 1. The summed E-state index contributed by atoms with van der Waals surface area (Å²) >= 11 is 4.44. The molecule has 0 aliphatic carbocycles. The number of fused-ring (bicyclic) bond motifs is 1. The molecule has 2 aromatic rings. The normalized spacial score (nSPS) is 10.7. The second kappa shape index (κ2) is 2.53. The van der Waals surface area contributed by atoms with Gasteiger partial charge in [-0.05, 0) is 29.7 Å². The SMILES string of the molecule is Fc1nsc2ccc(Br)cc12. The topological polar surface area (TPSA) is 12.9 Å². The van der Waals surface area contributed by atoms with Gasteiger partial charge in [0.2, 0.25) is 5.95 Å². The first-order chi connectivity index (χ1) is 5.27. The van der Waals surface area contributed by atoms with E-state index < -0.39 is 0 Å². The van der Waals surface area contributed by atoms with Crippen molar-refractivity contribution in [3.63, 3.8) is 0 Å². The van der Waals surface area contributed by atoms with Crippen LogP contribution in [-0.2, 0) is 0 Å². The molecular weight excluding hydrogens is 229 g/mol. The highest BCUT2D eigenvalue weighted by Crippen LogP contribution is 2.24. The van der Waals surface area contributed by atoms with Crippen LogP contribution < -0.4 is 0 Å². The zero-order chi connectivity index (χ0) is 7.84. The summed E-state index contributed by atoms with van der Waals surface area (Å²) in [4.78, 5) is 0. The van der Waals surface area contributed by atoms with Gasteiger partial charge in [-0.2, -0.15) is 8.76 Å². The Morgan fingerprint density at radius 3 is 3.09 bits per heavy atom. The van der Waals surface area contributed by atoms with E-state index in [1.54, 1.807) is 6.07 Å². The standard InChI is InChI=1S/C7H3BrFNS/c8-4-1-2-6-5(3-4)7(9)10-11-6/h1-3H. The Balaban J connectivity index is 2.87. The number of rotatable bonds is 0. The van der Waals surface area contributed by atoms with Gasteiger partial charge in [0, 0.05) is 4.47 Å². The first-order valence-corrected chi connectivity index (χ1v) is 4.54. The monoisotopic (exact) mass is 231 g/mol. The molecule has 0 atom stereocenters. The zero-order valence-electron chi connectivity index (χ0n) is 5.34. The van der Waals surface area contributed by atoms with Crippen LogP contribution in [0.1, 0.15) is 0 Å². The van der Waals surface area contributed by atoms with Crippen molar-refractivity contribution >= 4 is 37.5 Å². The third kappa shape index (κ3) is 1.16.